The van der Waals surface area contributed by atoms with E-state index in [-0.39, 0.29) is 23.4 Å². The standard InChI is InChI=1S/C22H23N3O4S/c1-14-8-4-5-9-15(14)19-23-20-18(16(13-30-20)22(28)29)21(27)25(19)12-17(26)24-10-6-2-3-7-11-24/h4-5,8-9,13H,2-3,6-7,10-12H2,1H3,(H,28,29). The summed E-state index contributed by atoms with van der Waals surface area (Å²) in [7, 11) is 0. The molecular weight excluding hydrogens is 402 g/mol. The zero-order valence-corrected chi connectivity index (χ0v) is 17.6. The van der Waals surface area contributed by atoms with Gasteiger partial charge in [0.15, 0.2) is 0 Å². The van der Waals surface area contributed by atoms with Gasteiger partial charge in [-0.25, -0.2) is 9.78 Å². The fourth-order valence-corrected chi connectivity index (χ4v) is 4.82. The maximum Gasteiger partial charge on any atom is 0.337 e. The molecule has 0 bridgehead atoms. The number of aromatic nitrogens is 2. The molecule has 8 heteroatoms. The molecule has 0 aliphatic carbocycles. The number of hydrogen-bond donors (Lipinski definition) is 1. The summed E-state index contributed by atoms with van der Waals surface area (Å²) in [6, 6.07) is 7.54. The van der Waals surface area contributed by atoms with Gasteiger partial charge in [-0.15, -0.1) is 11.3 Å². The van der Waals surface area contributed by atoms with Gasteiger partial charge < -0.3 is 10.0 Å². The SMILES string of the molecule is Cc1ccccc1-c1nc2scc(C(=O)O)c2c(=O)n1CC(=O)N1CCCCCC1. The smallest absolute Gasteiger partial charge is 0.337 e. The van der Waals surface area contributed by atoms with Gasteiger partial charge in [-0.3, -0.25) is 14.2 Å². The van der Waals surface area contributed by atoms with Crippen molar-refractivity contribution in [1.82, 2.24) is 14.5 Å². The summed E-state index contributed by atoms with van der Waals surface area (Å²) in [5.74, 6) is -0.913. The average molecular weight is 426 g/mol. The number of nitrogens with zero attached hydrogens (tertiary/aromatic N) is 3. The Kier molecular flexibility index (Phi) is 5.67. The molecule has 0 atom stereocenters. The average Bonchev–Trinajstić information content (AvgIpc) is 2.97. The summed E-state index contributed by atoms with van der Waals surface area (Å²) in [5, 5.41) is 11.0. The molecule has 2 aromatic heterocycles. The molecule has 1 fully saturated rings. The molecule has 1 aliphatic heterocycles. The predicted molar refractivity (Wildman–Crippen MR) is 116 cm³/mol. The molecule has 7 nitrogen and oxygen atoms in total. The number of rotatable bonds is 4. The van der Waals surface area contributed by atoms with E-state index in [0.29, 0.717) is 23.7 Å². The number of hydrogen-bond acceptors (Lipinski definition) is 5. The van der Waals surface area contributed by atoms with E-state index in [2.05, 4.69) is 4.98 Å². The molecule has 0 saturated carbocycles. The van der Waals surface area contributed by atoms with Gasteiger partial charge in [0, 0.05) is 24.0 Å². The molecule has 1 aromatic carbocycles. The topological polar surface area (TPSA) is 92.5 Å². The van der Waals surface area contributed by atoms with Crippen LogP contribution in [0, 0.1) is 6.92 Å². The lowest BCUT2D eigenvalue weighted by Crippen LogP contribution is -2.38. The molecule has 0 unspecified atom stereocenters. The van der Waals surface area contributed by atoms with Crippen LogP contribution in [-0.4, -0.2) is 44.5 Å². The van der Waals surface area contributed by atoms with E-state index >= 15 is 0 Å². The summed E-state index contributed by atoms with van der Waals surface area (Å²) < 4.78 is 1.34. The number of likely N-dealkylation sites (tertiary alicyclic amines) is 1. The predicted octanol–water partition coefficient (Wildman–Crippen LogP) is 3.53. The van der Waals surface area contributed by atoms with Crippen LogP contribution in [0.4, 0.5) is 0 Å². The fourth-order valence-electron chi connectivity index (χ4n) is 3.91. The second-order valence-electron chi connectivity index (χ2n) is 7.57. The van der Waals surface area contributed by atoms with E-state index in [1.165, 1.54) is 9.95 Å². The van der Waals surface area contributed by atoms with Gasteiger partial charge >= 0.3 is 5.97 Å². The Hall–Kier alpha value is -3.00. The maximum atomic E-state index is 13.4. The number of benzene rings is 1. The van der Waals surface area contributed by atoms with Crippen LogP contribution in [0.3, 0.4) is 0 Å². The quantitative estimate of drug-likeness (QED) is 0.690. The third-order valence-electron chi connectivity index (χ3n) is 5.56. The first kappa shape index (κ1) is 20.3. The highest BCUT2D eigenvalue weighted by atomic mass is 32.1. The van der Waals surface area contributed by atoms with Crippen molar-refractivity contribution in [2.45, 2.75) is 39.2 Å². The molecule has 3 heterocycles. The zero-order valence-electron chi connectivity index (χ0n) is 16.8. The van der Waals surface area contributed by atoms with E-state index in [1.54, 1.807) is 4.90 Å². The summed E-state index contributed by atoms with van der Waals surface area (Å²) in [6.45, 7) is 3.13. The lowest BCUT2D eigenvalue weighted by molar-refractivity contribution is -0.131. The second-order valence-corrected chi connectivity index (χ2v) is 8.43. The van der Waals surface area contributed by atoms with Crippen LogP contribution >= 0.6 is 11.3 Å². The zero-order chi connectivity index (χ0) is 21.3. The minimum atomic E-state index is -1.17. The Labute approximate surface area is 177 Å². The third-order valence-corrected chi connectivity index (χ3v) is 6.43. The number of carboxylic acids is 1. The summed E-state index contributed by atoms with van der Waals surface area (Å²) in [6.07, 6.45) is 4.11. The number of thiophene rings is 1. The Morgan fingerprint density at radius 2 is 1.83 bits per heavy atom. The van der Waals surface area contributed by atoms with E-state index in [1.807, 2.05) is 31.2 Å². The van der Waals surface area contributed by atoms with Crippen LogP contribution in [-0.2, 0) is 11.3 Å². The molecule has 1 amide bonds. The van der Waals surface area contributed by atoms with Crippen molar-refractivity contribution in [3.05, 3.63) is 51.1 Å². The minimum Gasteiger partial charge on any atom is -0.478 e. The highest BCUT2D eigenvalue weighted by molar-refractivity contribution is 7.17. The normalized spacial score (nSPS) is 14.6. The van der Waals surface area contributed by atoms with Gasteiger partial charge in [0.25, 0.3) is 5.56 Å². The molecule has 156 valence electrons. The van der Waals surface area contributed by atoms with Crippen molar-refractivity contribution in [1.29, 1.82) is 0 Å². The largest absolute Gasteiger partial charge is 0.478 e. The van der Waals surface area contributed by atoms with Gasteiger partial charge in [-0.2, -0.15) is 0 Å². The van der Waals surface area contributed by atoms with Crippen LogP contribution in [0.1, 0.15) is 41.6 Å². The molecule has 1 aliphatic rings. The summed E-state index contributed by atoms with van der Waals surface area (Å²) >= 11 is 1.13. The molecule has 1 N–H and O–H groups in total. The number of carboxylic acid groups (broad SMARTS) is 1. The van der Waals surface area contributed by atoms with Crippen molar-refractivity contribution in [2.75, 3.05) is 13.1 Å². The van der Waals surface area contributed by atoms with Crippen LogP contribution in [0.25, 0.3) is 21.6 Å². The van der Waals surface area contributed by atoms with Crippen LogP contribution in [0.2, 0.25) is 0 Å². The molecule has 3 aromatic rings. The Morgan fingerprint density at radius 3 is 2.50 bits per heavy atom. The summed E-state index contributed by atoms with van der Waals surface area (Å²) in [4.78, 5) is 44.9. The fraction of sp³-hybridized carbons (Fsp3) is 0.364. The van der Waals surface area contributed by atoms with Crippen molar-refractivity contribution in [3.63, 3.8) is 0 Å². The van der Waals surface area contributed by atoms with Gasteiger partial charge in [0.2, 0.25) is 5.91 Å². The minimum absolute atomic E-state index is 0.0634. The van der Waals surface area contributed by atoms with Crippen molar-refractivity contribution in [3.8, 4) is 11.4 Å². The third kappa shape index (κ3) is 3.75. The Bertz CT molecular complexity index is 1170. The van der Waals surface area contributed by atoms with E-state index < -0.39 is 11.5 Å². The summed E-state index contributed by atoms with van der Waals surface area (Å²) in [5.41, 5.74) is 1.13. The first-order chi connectivity index (χ1) is 14.5. The maximum absolute atomic E-state index is 13.4. The van der Waals surface area contributed by atoms with Crippen LogP contribution < -0.4 is 5.56 Å². The first-order valence-corrected chi connectivity index (χ1v) is 10.9. The Morgan fingerprint density at radius 1 is 1.13 bits per heavy atom. The van der Waals surface area contributed by atoms with Gasteiger partial charge in [-0.05, 0) is 25.3 Å². The molecule has 4 rings (SSSR count). The molecule has 0 spiro atoms. The van der Waals surface area contributed by atoms with E-state index in [9.17, 15) is 19.5 Å². The number of fused-ring (bicyclic) bond motifs is 1. The van der Waals surface area contributed by atoms with Crippen molar-refractivity contribution < 1.29 is 14.7 Å². The monoisotopic (exact) mass is 425 g/mol. The molecular formula is C22H23N3O4S. The lowest BCUT2D eigenvalue weighted by atomic mass is 10.1. The second kappa shape index (κ2) is 8.39. The van der Waals surface area contributed by atoms with Crippen LogP contribution in [0.15, 0.2) is 34.4 Å². The molecule has 30 heavy (non-hydrogen) atoms. The van der Waals surface area contributed by atoms with Crippen molar-refractivity contribution >= 4 is 33.4 Å². The highest BCUT2D eigenvalue weighted by Gasteiger charge is 2.24. The van der Waals surface area contributed by atoms with E-state index in [4.69, 9.17) is 0 Å². The van der Waals surface area contributed by atoms with Crippen molar-refractivity contribution in [2.24, 2.45) is 0 Å². The first-order valence-electron chi connectivity index (χ1n) is 10.1. The van der Waals surface area contributed by atoms with Gasteiger partial charge in [-0.1, -0.05) is 37.1 Å². The number of aromatic carboxylic acids is 1. The number of amides is 1. The number of carbonyl (C=O) groups excluding carboxylic acids is 1. The number of aryl methyl sites for hydroxylation is 1. The molecule has 0 radical (unpaired) electrons. The van der Waals surface area contributed by atoms with E-state index in [0.717, 1.165) is 48.1 Å². The lowest BCUT2D eigenvalue weighted by Gasteiger charge is -2.22. The Balaban J connectivity index is 1.87. The van der Waals surface area contributed by atoms with Crippen LogP contribution in [0.5, 0.6) is 0 Å². The molecule has 1 saturated heterocycles. The number of carbonyl (C=O) groups is 2. The van der Waals surface area contributed by atoms with Gasteiger partial charge in [0.1, 0.15) is 17.2 Å². The van der Waals surface area contributed by atoms with Gasteiger partial charge in [0.05, 0.1) is 10.9 Å². The highest BCUT2D eigenvalue weighted by Crippen LogP contribution is 2.27.